The molecule has 0 aliphatic heterocycles. The number of carbonyl (C=O) groups is 1. The van der Waals surface area contributed by atoms with E-state index in [1.165, 1.54) is 23.9 Å². The normalized spacial score (nSPS) is 12.0. The van der Waals surface area contributed by atoms with Crippen molar-refractivity contribution < 1.29 is 23.4 Å². The minimum atomic E-state index is -0.805. The Labute approximate surface area is 180 Å². The number of furan rings is 1. The van der Waals surface area contributed by atoms with Crippen LogP contribution in [0.2, 0.25) is 0 Å². The van der Waals surface area contributed by atoms with Gasteiger partial charge in [-0.3, -0.25) is 4.79 Å². The van der Waals surface area contributed by atoms with Gasteiger partial charge in [0.15, 0.2) is 0 Å². The van der Waals surface area contributed by atoms with Crippen molar-refractivity contribution in [1.82, 2.24) is 0 Å². The maximum atomic E-state index is 13.1. The number of thioether (sulfide) groups is 1. The zero-order valence-corrected chi connectivity index (χ0v) is 17.9. The number of halogens is 1. The molecule has 1 N–H and O–H groups in total. The second-order valence-electron chi connectivity index (χ2n) is 7.04. The molecule has 1 unspecified atom stereocenters. The van der Waals surface area contributed by atoms with Crippen LogP contribution in [0.25, 0.3) is 11.3 Å². The topological polar surface area (TPSA) is 59.7 Å². The van der Waals surface area contributed by atoms with Crippen molar-refractivity contribution in [3.8, 4) is 17.1 Å². The van der Waals surface area contributed by atoms with Gasteiger partial charge in [0.1, 0.15) is 29.7 Å². The quantitative estimate of drug-likeness (QED) is 0.393. The highest BCUT2D eigenvalue weighted by Gasteiger charge is 2.15. The molecule has 6 heteroatoms. The Morgan fingerprint density at radius 1 is 1.20 bits per heavy atom. The van der Waals surface area contributed by atoms with E-state index in [1.54, 1.807) is 12.1 Å². The van der Waals surface area contributed by atoms with Crippen LogP contribution in [0.15, 0.2) is 59.0 Å². The number of benzene rings is 2. The second-order valence-corrected chi connectivity index (χ2v) is 8.23. The number of aliphatic carboxylic acids is 1. The average molecular weight is 429 g/mol. The standard InChI is InChI=1S/C24H25FO4S/c1-3-5-23(30-15-24(26)27)18-6-4-7-21(12-18)28-14-19-13-22(29-16(19)2)17-8-10-20(25)11-9-17/h4,6-13,23H,3,5,14-15H2,1-2H3,(H,26,27). The van der Waals surface area contributed by atoms with Gasteiger partial charge in [0.2, 0.25) is 0 Å². The van der Waals surface area contributed by atoms with Crippen LogP contribution in [-0.2, 0) is 11.4 Å². The second kappa shape index (κ2) is 10.3. The average Bonchev–Trinajstić information content (AvgIpc) is 3.10. The van der Waals surface area contributed by atoms with Gasteiger partial charge in [-0.05, 0) is 61.4 Å². The summed E-state index contributed by atoms with van der Waals surface area (Å²) < 4.78 is 24.9. The van der Waals surface area contributed by atoms with E-state index in [0.717, 1.165) is 41.0 Å². The third-order valence-corrected chi connectivity index (χ3v) is 6.06. The van der Waals surface area contributed by atoms with Crippen molar-refractivity contribution in [2.24, 2.45) is 0 Å². The molecule has 30 heavy (non-hydrogen) atoms. The first-order valence-corrected chi connectivity index (χ1v) is 10.9. The molecule has 2 aromatic carbocycles. The molecule has 0 saturated heterocycles. The Balaban J connectivity index is 1.69. The van der Waals surface area contributed by atoms with Crippen molar-refractivity contribution in [1.29, 1.82) is 0 Å². The van der Waals surface area contributed by atoms with Crippen LogP contribution >= 0.6 is 11.8 Å². The lowest BCUT2D eigenvalue weighted by atomic mass is 10.1. The summed E-state index contributed by atoms with van der Waals surface area (Å²) >= 11 is 1.44. The summed E-state index contributed by atoms with van der Waals surface area (Å²) in [6.45, 7) is 4.32. The molecule has 1 aromatic heterocycles. The first kappa shape index (κ1) is 22.0. The van der Waals surface area contributed by atoms with Crippen LogP contribution in [0.4, 0.5) is 4.39 Å². The summed E-state index contributed by atoms with van der Waals surface area (Å²) in [6, 6.07) is 15.9. The van der Waals surface area contributed by atoms with Gasteiger partial charge >= 0.3 is 5.97 Å². The van der Waals surface area contributed by atoms with Crippen LogP contribution in [0, 0.1) is 12.7 Å². The van der Waals surface area contributed by atoms with Crippen LogP contribution in [0.1, 0.15) is 41.9 Å². The van der Waals surface area contributed by atoms with Crippen LogP contribution in [-0.4, -0.2) is 16.8 Å². The summed E-state index contributed by atoms with van der Waals surface area (Å²) in [5, 5.41) is 9.11. The van der Waals surface area contributed by atoms with E-state index in [0.29, 0.717) is 12.4 Å². The van der Waals surface area contributed by atoms with E-state index >= 15 is 0 Å². The molecule has 0 aliphatic carbocycles. The molecule has 1 heterocycles. The Bertz CT molecular complexity index is 981. The molecule has 3 aromatic rings. The molecule has 3 rings (SSSR count). The zero-order valence-electron chi connectivity index (χ0n) is 17.1. The zero-order chi connectivity index (χ0) is 21.5. The summed E-state index contributed by atoms with van der Waals surface area (Å²) in [4.78, 5) is 10.9. The molecule has 0 spiro atoms. The lowest BCUT2D eigenvalue weighted by Gasteiger charge is -2.16. The third kappa shape index (κ3) is 5.89. The Kier molecular flexibility index (Phi) is 7.57. The highest BCUT2D eigenvalue weighted by atomic mass is 32.2. The molecule has 0 radical (unpaired) electrons. The van der Waals surface area contributed by atoms with E-state index < -0.39 is 5.97 Å². The monoisotopic (exact) mass is 428 g/mol. The van der Waals surface area contributed by atoms with Gasteiger partial charge in [-0.1, -0.05) is 25.5 Å². The molecule has 1 atom stereocenters. The fraction of sp³-hybridized carbons (Fsp3) is 0.292. The number of hydrogen-bond acceptors (Lipinski definition) is 4. The number of carboxylic acids is 1. The van der Waals surface area contributed by atoms with Crippen molar-refractivity contribution in [2.45, 2.75) is 38.5 Å². The molecule has 0 aliphatic rings. The predicted octanol–water partition coefficient (Wildman–Crippen LogP) is 6.63. The van der Waals surface area contributed by atoms with E-state index in [9.17, 15) is 9.18 Å². The van der Waals surface area contributed by atoms with Crippen molar-refractivity contribution in [3.05, 3.63) is 77.3 Å². The maximum absolute atomic E-state index is 13.1. The Morgan fingerprint density at radius 2 is 1.97 bits per heavy atom. The lowest BCUT2D eigenvalue weighted by molar-refractivity contribution is -0.133. The van der Waals surface area contributed by atoms with Gasteiger partial charge in [-0.2, -0.15) is 0 Å². The van der Waals surface area contributed by atoms with Gasteiger partial charge < -0.3 is 14.3 Å². The van der Waals surface area contributed by atoms with Crippen LogP contribution in [0.5, 0.6) is 5.75 Å². The maximum Gasteiger partial charge on any atom is 0.313 e. The summed E-state index contributed by atoms with van der Waals surface area (Å²) in [6.07, 6.45) is 1.88. The first-order valence-electron chi connectivity index (χ1n) is 9.87. The minimum Gasteiger partial charge on any atom is -0.489 e. The number of carboxylic acid groups (broad SMARTS) is 1. The van der Waals surface area contributed by atoms with Gasteiger partial charge in [0, 0.05) is 16.4 Å². The van der Waals surface area contributed by atoms with Gasteiger partial charge in [0.05, 0.1) is 5.75 Å². The van der Waals surface area contributed by atoms with Crippen LogP contribution in [0.3, 0.4) is 0 Å². The van der Waals surface area contributed by atoms with E-state index in [1.807, 2.05) is 37.3 Å². The van der Waals surface area contributed by atoms with Crippen molar-refractivity contribution >= 4 is 17.7 Å². The van der Waals surface area contributed by atoms with Gasteiger partial charge in [-0.15, -0.1) is 11.8 Å². The Hall–Kier alpha value is -2.73. The van der Waals surface area contributed by atoms with E-state index in [2.05, 4.69) is 6.92 Å². The van der Waals surface area contributed by atoms with E-state index in [-0.39, 0.29) is 16.8 Å². The third-order valence-electron chi connectivity index (χ3n) is 4.73. The molecule has 0 bridgehead atoms. The van der Waals surface area contributed by atoms with Crippen molar-refractivity contribution in [2.75, 3.05) is 5.75 Å². The largest absolute Gasteiger partial charge is 0.489 e. The highest BCUT2D eigenvalue weighted by molar-refractivity contribution is 8.00. The lowest BCUT2D eigenvalue weighted by Crippen LogP contribution is -2.03. The molecular weight excluding hydrogens is 403 g/mol. The molecule has 0 amide bonds. The molecule has 4 nitrogen and oxygen atoms in total. The number of rotatable bonds is 10. The number of ether oxygens (including phenoxy) is 1. The molecular formula is C24H25FO4S. The smallest absolute Gasteiger partial charge is 0.313 e. The van der Waals surface area contributed by atoms with Gasteiger partial charge in [0.25, 0.3) is 0 Å². The molecule has 0 fully saturated rings. The van der Waals surface area contributed by atoms with Gasteiger partial charge in [-0.25, -0.2) is 4.39 Å². The summed E-state index contributed by atoms with van der Waals surface area (Å²) in [5.74, 6) is 1.15. The fourth-order valence-electron chi connectivity index (χ4n) is 3.17. The fourth-order valence-corrected chi connectivity index (χ4v) is 4.25. The highest BCUT2D eigenvalue weighted by Crippen LogP contribution is 2.35. The first-order chi connectivity index (χ1) is 14.5. The van der Waals surface area contributed by atoms with Crippen molar-refractivity contribution in [3.63, 3.8) is 0 Å². The minimum absolute atomic E-state index is 0.0795. The number of hydrogen-bond donors (Lipinski definition) is 1. The Morgan fingerprint density at radius 3 is 2.67 bits per heavy atom. The summed E-state index contributed by atoms with van der Waals surface area (Å²) in [5.41, 5.74) is 2.80. The van der Waals surface area contributed by atoms with Crippen LogP contribution < -0.4 is 4.74 Å². The predicted molar refractivity (Wildman–Crippen MR) is 117 cm³/mol. The number of aryl methyl sites for hydroxylation is 1. The SMILES string of the molecule is CCCC(SCC(=O)O)c1cccc(OCc2cc(-c3ccc(F)cc3)oc2C)c1. The molecule has 158 valence electrons. The van der Waals surface area contributed by atoms with E-state index in [4.69, 9.17) is 14.3 Å². The summed E-state index contributed by atoms with van der Waals surface area (Å²) in [7, 11) is 0. The molecule has 0 saturated carbocycles.